The summed E-state index contributed by atoms with van der Waals surface area (Å²) < 4.78 is 5.75. The predicted molar refractivity (Wildman–Crippen MR) is 122 cm³/mol. The van der Waals surface area contributed by atoms with Crippen LogP contribution in [-0.4, -0.2) is 17.8 Å². The summed E-state index contributed by atoms with van der Waals surface area (Å²) in [7, 11) is 0. The Morgan fingerprint density at radius 2 is 1.69 bits per heavy atom. The van der Waals surface area contributed by atoms with Crippen LogP contribution >= 0.6 is 11.6 Å². The van der Waals surface area contributed by atoms with Gasteiger partial charge in [0.15, 0.2) is 0 Å². The normalized spacial score (nSPS) is 15.1. The number of carbonyl (C=O) groups is 3. The third-order valence-corrected chi connectivity index (χ3v) is 5.11. The van der Waals surface area contributed by atoms with Gasteiger partial charge in [0.25, 0.3) is 11.8 Å². The number of rotatable bonds is 5. The Labute approximate surface area is 190 Å². The number of nitrogens with one attached hydrogen (secondary N) is 1. The molecule has 0 saturated carbocycles. The number of barbiturate groups is 1. The quantitative estimate of drug-likeness (QED) is 0.447. The number of urea groups is 1. The first-order chi connectivity index (χ1) is 15.4. The molecule has 4 rings (SSSR count). The summed E-state index contributed by atoms with van der Waals surface area (Å²) in [5.41, 5.74) is 2.81. The van der Waals surface area contributed by atoms with Gasteiger partial charge in [-0.15, -0.1) is 0 Å². The highest BCUT2D eigenvalue weighted by atomic mass is 35.5. The van der Waals surface area contributed by atoms with Crippen molar-refractivity contribution in [1.82, 2.24) is 5.32 Å². The van der Waals surface area contributed by atoms with Gasteiger partial charge < -0.3 is 4.74 Å². The molecule has 1 aliphatic heterocycles. The van der Waals surface area contributed by atoms with Crippen LogP contribution in [0.5, 0.6) is 5.75 Å². The van der Waals surface area contributed by atoms with Crippen LogP contribution in [0.15, 0.2) is 78.4 Å². The molecule has 1 fully saturated rings. The summed E-state index contributed by atoms with van der Waals surface area (Å²) >= 11 is 5.98. The minimum absolute atomic E-state index is 0.127. The summed E-state index contributed by atoms with van der Waals surface area (Å²) in [5.74, 6) is -0.781. The van der Waals surface area contributed by atoms with Crippen LogP contribution in [0.25, 0.3) is 6.08 Å². The van der Waals surface area contributed by atoms with E-state index in [1.165, 1.54) is 6.08 Å². The van der Waals surface area contributed by atoms with Crippen molar-refractivity contribution >= 4 is 41.2 Å². The molecule has 160 valence electrons. The van der Waals surface area contributed by atoms with E-state index in [1.807, 2.05) is 25.1 Å². The molecule has 0 unspecified atom stereocenters. The fraction of sp³-hybridized carbons (Fsp3) is 0.0800. The van der Waals surface area contributed by atoms with Crippen molar-refractivity contribution in [3.63, 3.8) is 0 Å². The van der Waals surface area contributed by atoms with Gasteiger partial charge in [-0.3, -0.25) is 14.9 Å². The fourth-order valence-electron chi connectivity index (χ4n) is 3.21. The third kappa shape index (κ3) is 4.71. The van der Waals surface area contributed by atoms with Gasteiger partial charge in [0.1, 0.15) is 17.9 Å². The Morgan fingerprint density at radius 1 is 0.969 bits per heavy atom. The first-order valence-corrected chi connectivity index (χ1v) is 10.2. The van der Waals surface area contributed by atoms with Crippen molar-refractivity contribution < 1.29 is 19.1 Å². The van der Waals surface area contributed by atoms with Gasteiger partial charge in [-0.2, -0.15) is 0 Å². The maximum Gasteiger partial charge on any atom is 0.335 e. The lowest BCUT2D eigenvalue weighted by Crippen LogP contribution is -2.54. The van der Waals surface area contributed by atoms with Crippen LogP contribution in [0.2, 0.25) is 5.02 Å². The van der Waals surface area contributed by atoms with Crippen LogP contribution in [0.4, 0.5) is 10.5 Å². The lowest BCUT2D eigenvalue weighted by molar-refractivity contribution is -0.122. The molecule has 0 spiro atoms. The van der Waals surface area contributed by atoms with Gasteiger partial charge in [0, 0.05) is 5.02 Å². The van der Waals surface area contributed by atoms with Gasteiger partial charge >= 0.3 is 6.03 Å². The molecule has 0 aromatic heterocycles. The van der Waals surface area contributed by atoms with E-state index in [4.69, 9.17) is 16.3 Å². The van der Waals surface area contributed by atoms with Gasteiger partial charge in [-0.25, -0.2) is 9.69 Å². The van der Waals surface area contributed by atoms with Crippen LogP contribution in [0.1, 0.15) is 16.7 Å². The number of nitrogens with zero attached hydrogens (tertiary/aromatic N) is 1. The number of halogens is 1. The SMILES string of the molecule is Cc1ccc(N2C(=O)NC(=O)/C(=C\c3ccc(OCc4cccc(Cl)c4)cc3)C2=O)cc1. The largest absolute Gasteiger partial charge is 0.489 e. The summed E-state index contributed by atoms with van der Waals surface area (Å²) in [6.45, 7) is 2.26. The molecule has 1 aliphatic rings. The molecule has 6 nitrogen and oxygen atoms in total. The number of hydrogen-bond acceptors (Lipinski definition) is 4. The summed E-state index contributed by atoms with van der Waals surface area (Å²) in [6.07, 6.45) is 1.45. The van der Waals surface area contributed by atoms with E-state index >= 15 is 0 Å². The number of hydrogen-bond donors (Lipinski definition) is 1. The zero-order valence-corrected chi connectivity index (χ0v) is 17.9. The monoisotopic (exact) mass is 446 g/mol. The smallest absolute Gasteiger partial charge is 0.335 e. The molecule has 0 bridgehead atoms. The third-order valence-electron chi connectivity index (χ3n) is 4.88. The number of aryl methyl sites for hydroxylation is 1. The van der Waals surface area contributed by atoms with Gasteiger partial charge in [-0.1, -0.05) is 53.6 Å². The number of amides is 4. The highest BCUT2D eigenvalue weighted by Gasteiger charge is 2.36. The lowest BCUT2D eigenvalue weighted by Gasteiger charge is -2.26. The van der Waals surface area contributed by atoms with E-state index in [0.29, 0.717) is 28.6 Å². The van der Waals surface area contributed by atoms with E-state index in [9.17, 15) is 14.4 Å². The molecule has 1 N–H and O–H groups in total. The average molecular weight is 447 g/mol. The average Bonchev–Trinajstić information content (AvgIpc) is 2.77. The Balaban J connectivity index is 1.51. The second-order valence-electron chi connectivity index (χ2n) is 7.28. The van der Waals surface area contributed by atoms with E-state index in [1.54, 1.807) is 54.6 Å². The van der Waals surface area contributed by atoms with Crippen LogP contribution in [0.3, 0.4) is 0 Å². The second kappa shape index (κ2) is 9.08. The van der Waals surface area contributed by atoms with E-state index in [0.717, 1.165) is 16.0 Å². The summed E-state index contributed by atoms with van der Waals surface area (Å²) in [5, 5.41) is 2.86. The zero-order valence-electron chi connectivity index (χ0n) is 17.2. The zero-order chi connectivity index (χ0) is 22.7. The van der Waals surface area contributed by atoms with Crippen molar-refractivity contribution in [1.29, 1.82) is 0 Å². The van der Waals surface area contributed by atoms with E-state index in [-0.39, 0.29) is 5.57 Å². The molecule has 0 atom stereocenters. The molecule has 4 amide bonds. The van der Waals surface area contributed by atoms with Crippen LogP contribution in [0, 0.1) is 6.92 Å². The highest BCUT2D eigenvalue weighted by Crippen LogP contribution is 2.23. The molecule has 1 heterocycles. The minimum atomic E-state index is -0.772. The van der Waals surface area contributed by atoms with Crippen molar-refractivity contribution in [2.75, 3.05) is 4.90 Å². The predicted octanol–water partition coefficient (Wildman–Crippen LogP) is 4.89. The molecule has 0 aliphatic carbocycles. The van der Waals surface area contributed by atoms with Gasteiger partial charge in [0.2, 0.25) is 0 Å². The first kappa shape index (κ1) is 21.3. The molecule has 3 aromatic carbocycles. The number of imide groups is 2. The molecule has 3 aromatic rings. The van der Waals surface area contributed by atoms with Crippen LogP contribution < -0.4 is 15.0 Å². The van der Waals surface area contributed by atoms with Crippen molar-refractivity contribution in [2.24, 2.45) is 0 Å². The molecule has 7 heteroatoms. The highest BCUT2D eigenvalue weighted by molar-refractivity contribution is 6.39. The summed E-state index contributed by atoms with van der Waals surface area (Å²) in [6, 6.07) is 20.5. The van der Waals surface area contributed by atoms with Gasteiger partial charge in [-0.05, 0) is 60.5 Å². The first-order valence-electron chi connectivity index (χ1n) is 9.86. The number of benzene rings is 3. The van der Waals surface area contributed by atoms with E-state index < -0.39 is 17.8 Å². The second-order valence-corrected chi connectivity index (χ2v) is 7.72. The molecule has 0 radical (unpaired) electrons. The van der Waals surface area contributed by atoms with Crippen molar-refractivity contribution in [2.45, 2.75) is 13.5 Å². The minimum Gasteiger partial charge on any atom is -0.489 e. The molecule has 32 heavy (non-hydrogen) atoms. The molecular formula is C25H19ClN2O4. The number of ether oxygens (including phenoxy) is 1. The maximum absolute atomic E-state index is 12.9. The standard InChI is InChI=1S/C25H19ClN2O4/c1-16-5-9-20(10-6-16)28-24(30)22(23(29)27-25(28)31)14-17-7-11-21(12-8-17)32-15-18-3-2-4-19(26)13-18/h2-14H,15H2,1H3,(H,27,29,31)/b22-14+. The Hall–Kier alpha value is -3.90. The number of anilines is 1. The van der Waals surface area contributed by atoms with Gasteiger partial charge in [0.05, 0.1) is 5.69 Å². The van der Waals surface area contributed by atoms with Crippen molar-refractivity contribution in [3.05, 3.63) is 100 Å². The van der Waals surface area contributed by atoms with Crippen LogP contribution in [-0.2, 0) is 16.2 Å². The maximum atomic E-state index is 12.9. The Morgan fingerprint density at radius 3 is 2.38 bits per heavy atom. The van der Waals surface area contributed by atoms with E-state index in [2.05, 4.69) is 5.32 Å². The lowest BCUT2D eigenvalue weighted by atomic mass is 10.1. The Kier molecular flexibility index (Phi) is 6.05. The summed E-state index contributed by atoms with van der Waals surface area (Å²) in [4.78, 5) is 38.5. The molecular weight excluding hydrogens is 428 g/mol. The fourth-order valence-corrected chi connectivity index (χ4v) is 3.42. The topological polar surface area (TPSA) is 75.7 Å². The number of carbonyl (C=O) groups excluding carboxylic acids is 3. The Bertz CT molecular complexity index is 1220. The molecule has 1 saturated heterocycles. The van der Waals surface area contributed by atoms with Crippen molar-refractivity contribution in [3.8, 4) is 5.75 Å².